The van der Waals surface area contributed by atoms with E-state index in [0.29, 0.717) is 30.1 Å². The van der Waals surface area contributed by atoms with Gasteiger partial charge in [-0.1, -0.05) is 6.92 Å². The van der Waals surface area contributed by atoms with E-state index in [-0.39, 0.29) is 18.4 Å². The highest BCUT2D eigenvalue weighted by atomic mass is 16.5. The Kier molecular flexibility index (Phi) is 5.54. The van der Waals surface area contributed by atoms with Crippen LogP contribution in [0, 0.1) is 13.8 Å². The highest BCUT2D eigenvalue weighted by molar-refractivity contribution is 5.97. The minimum absolute atomic E-state index is 0.0232. The Morgan fingerprint density at radius 2 is 2.00 bits per heavy atom. The molecule has 0 atom stereocenters. The summed E-state index contributed by atoms with van der Waals surface area (Å²) >= 11 is 0. The van der Waals surface area contributed by atoms with E-state index in [2.05, 4.69) is 10.2 Å². The van der Waals surface area contributed by atoms with Crippen molar-refractivity contribution in [2.75, 3.05) is 19.7 Å². The first kappa shape index (κ1) is 15.2. The lowest BCUT2D eigenvalue weighted by Crippen LogP contribution is -2.37. The molecule has 0 aliphatic rings. The molecule has 1 N–H and O–H groups in total. The van der Waals surface area contributed by atoms with Crippen LogP contribution in [0.4, 0.5) is 0 Å². The first-order chi connectivity index (χ1) is 9.01. The summed E-state index contributed by atoms with van der Waals surface area (Å²) in [6.07, 6.45) is 0.779. The van der Waals surface area contributed by atoms with Gasteiger partial charge in [0.05, 0.1) is 17.9 Å². The summed E-state index contributed by atoms with van der Waals surface area (Å²) in [7, 11) is 0. The second-order valence-corrected chi connectivity index (χ2v) is 4.34. The predicted molar refractivity (Wildman–Crippen MR) is 70.9 cm³/mol. The van der Waals surface area contributed by atoms with E-state index in [1.165, 1.54) is 4.90 Å². The Labute approximate surface area is 113 Å². The fourth-order valence-electron chi connectivity index (χ4n) is 1.91. The number of aromatic amines is 1. The zero-order chi connectivity index (χ0) is 14.4. The van der Waals surface area contributed by atoms with Crippen molar-refractivity contribution < 1.29 is 14.3 Å². The Balaban J connectivity index is 2.87. The van der Waals surface area contributed by atoms with E-state index in [4.69, 9.17) is 4.74 Å². The van der Waals surface area contributed by atoms with Crippen molar-refractivity contribution in [1.29, 1.82) is 0 Å². The van der Waals surface area contributed by atoms with Gasteiger partial charge in [0.15, 0.2) is 0 Å². The number of amides is 1. The number of H-pyrrole nitrogens is 1. The Morgan fingerprint density at radius 1 is 1.32 bits per heavy atom. The van der Waals surface area contributed by atoms with Crippen molar-refractivity contribution >= 4 is 11.9 Å². The largest absolute Gasteiger partial charge is 0.465 e. The van der Waals surface area contributed by atoms with Crippen LogP contribution in [0.5, 0.6) is 0 Å². The molecule has 0 aliphatic heterocycles. The molecule has 106 valence electrons. The normalized spacial score (nSPS) is 10.3. The lowest BCUT2D eigenvalue weighted by atomic mass is 10.1. The van der Waals surface area contributed by atoms with E-state index in [0.717, 1.165) is 6.42 Å². The number of carbonyl (C=O) groups is 2. The van der Waals surface area contributed by atoms with Gasteiger partial charge >= 0.3 is 5.97 Å². The van der Waals surface area contributed by atoms with Crippen LogP contribution in [0.1, 0.15) is 42.0 Å². The molecule has 0 fully saturated rings. The Bertz CT molecular complexity index is 434. The van der Waals surface area contributed by atoms with E-state index in [1.54, 1.807) is 20.8 Å². The van der Waals surface area contributed by atoms with Crippen LogP contribution < -0.4 is 0 Å². The number of nitrogens with one attached hydrogen (secondary N) is 1. The van der Waals surface area contributed by atoms with Gasteiger partial charge in [-0.05, 0) is 27.2 Å². The zero-order valence-electron chi connectivity index (χ0n) is 11.9. The molecule has 0 unspecified atom stereocenters. The van der Waals surface area contributed by atoms with E-state index < -0.39 is 0 Å². The molecule has 0 saturated heterocycles. The number of aromatic nitrogens is 2. The van der Waals surface area contributed by atoms with Crippen molar-refractivity contribution in [3.05, 3.63) is 17.0 Å². The second kappa shape index (κ2) is 6.92. The number of carbonyl (C=O) groups excluding carboxylic acids is 2. The fourth-order valence-corrected chi connectivity index (χ4v) is 1.91. The van der Waals surface area contributed by atoms with Crippen molar-refractivity contribution in [1.82, 2.24) is 15.1 Å². The SMILES string of the molecule is CCCN(CC(=O)OCC)C(=O)c1c(C)n[nH]c1C. The monoisotopic (exact) mass is 267 g/mol. The molecule has 0 aliphatic carbocycles. The maximum Gasteiger partial charge on any atom is 0.325 e. The molecule has 0 saturated carbocycles. The van der Waals surface area contributed by atoms with Crippen molar-refractivity contribution in [2.24, 2.45) is 0 Å². The van der Waals surface area contributed by atoms with E-state index in [9.17, 15) is 9.59 Å². The summed E-state index contributed by atoms with van der Waals surface area (Å²) in [6, 6.07) is 0. The van der Waals surface area contributed by atoms with E-state index >= 15 is 0 Å². The molecule has 0 bridgehead atoms. The first-order valence-electron chi connectivity index (χ1n) is 6.47. The first-order valence-corrected chi connectivity index (χ1v) is 6.47. The Hall–Kier alpha value is -1.85. The van der Waals surface area contributed by atoms with Crippen molar-refractivity contribution in [2.45, 2.75) is 34.1 Å². The number of hydrogen-bond acceptors (Lipinski definition) is 4. The molecule has 1 aromatic rings. The maximum atomic E-state index is 12.4. The highest BCUT2D eigenvalue weighted by Crippen LogP contribution is 2.13. The van der Waals surface area contributed by atoms with Crippen LogP contribution in [0.2, 0.25) is 0 Å². The number of hydrogen-bond donors (Lipinski definition) is 1. The van der Waals surface area contributed by atoms with Gasteiger partial charge in [0.1, 0.15) is 6.54 Å². The second-order valence-electron chi connectivity index (χ2n) is 4.34. The molecule has 19 heavy (non-hydrogen) atoms. The van der Waals surface area contributed by atoms with Gasteiger partial charge in [-0.15, -0.1) is 0 Å². The molecule has 6 nitrogen and oxygen atoms in total. The highest BCUT2D eigenvalue weighted by Gasteiger charge is 2.23. The average molecular weight is 267 g/mol. The molecular weight excluding hydrogens is 246 g/mol. The van der Waals surface area contributed by atoms with Gasteiger partial charge < -0.3 is 9.64 Å². The van der Waals surface area contributed by atoms with Crippen molar-refractivity contribution in [3.63, 3.8) is 0 Å². The average Bonchev–Trinajstić information content (AvgIpc) is 2.68. The van der Waals surface area contributed by atoms with Crippen LogP contribution in [0.15, 0.2) is 0 Å². The molecular formula is C13H21N3O3. The summed E-state index contributed by atoms with van der Waals surface area (Å²) in [5, 5.41) is 6.79. The molecule has 0 aromatic carbocycles. The van der Waals surface area contributed by atoms with Crippen LogP contribution >= 0.6 is 0 Å². The van der Waals surface area contributed by atoms with Gasteiger partial charge in [-0.2, -0.15) is 5.10 Å². The summed E-state index contributed by atoms with van der Waals surface area (Å²) in [5.41, 5.74) is 1.90. The molecule has 6 heteroatoms. The van der Waals surface area contributed by atoms with Crippen LogP contribution in [-0.4, -0.2) is 46.7 Å². The van der Waals surface area contributed by atoms with Crippen LogP contribution in [-0.2, 0) is 9.53 Å². The summed E-state index contributed by atoms with van der Waals surface area (Å²) in [6.45, 7) is 8.07. The third-order valence-corrected chi connectivity index (χ3v) is 2.75. The summed E-state index contributed by atoms with van der Waals surface area (Å²) < 4.78 is 4.89. The minimum atomic E-state index is -0.386. The van der Waals surface area contributed by atoms with Crippen LogP contribution in [0.3, 0.4) is 0 Å². The topological polar surface area (TPSA) is 75.3 Å². The van der Waals surface area contributed by atoms with Gasteiger partial charge in [0, 0.05) is 12.2 Å². The number of aryl methyl sites for hydroxylation is 2. The zero-order valence-corrected chi connectivity index (χ0v) is 11.9. The lowest BCUT2D eigenvalue weighted by Gasteiger charge is -2.21. The standard InChI is InChI=1S/C13H21N3O3/c1-5-7-16(8-11(17)19-6-2)13(18)12-9(3)14-15-10(12)4/h5-8H2,1-4H3,(H,14,15). The van der Waals surface area contributed by atoms with Gasteiger partial charge in [-0.25, -0.2) is 0 Å². The summed E-state index contributed by atoms with van der Waals surface area (Å²) in [5.74, 6) is -0.568. The molecule has 0 radical (unpaired) electrons. The van der Waals surface area contributed by atoms with Crippen molar-refractivity contribution in [3.8, 4) is 0 Å². The van der Waals surface area contributed by atoms with Gasteiger partial charge in [-0.3, -0.25) is 14.7 Å². The number of esters is 1. The minimum Gasteiger partial charge on any atom is -0.465 e. The van der Waals surface area contributed by atoms with E-state index in [1.807, 2.05) is 6.92 Å². The van der Waals surface area contributed by atoms with Gasteiger partial charge in [0.2, 0.25) is 0 Å². The smallest absolute Gasteiger partial charge is 0.325 e. The molecule has 1 aromatic heterocycles. The third kappa shape index (κ3) is 3.81. The fraction of sp³-hybridized carbons (Fsp3) is 0.615. The van der Waals surface area contributed by atoms with Gasteiger partial charge in [0.25, 0.3) is 5.91 Å². The number of ether oxygens (including phenoxy) is 1. The third-order valence-electron chi connectivity index (χ3n) is 2.75. The molecule has 1 rings (SSSR count). The summed E-state index contributed by atoms with van der Waals surface area (Å²) in [4.78, 5) is 25.5. The maximum absolute atomic E-state index is 12.4. The number of rotatable bonds is 6. The quantitative estimate of drug-likeness (QED) is 0.791. The van der Waals surface area contributed by atoms with Crippen LogP contribution in [0.25, 0.3) is 0 Å². The Morgan fingerprint density at radius 3 is 2.47 bits per heavy atom. The molecule has 0 spiro atoms. The lowest BCUT2D eigenvalue weighted by molar-refractivity contribution is -0.143. The number of nitrogens with zero attached hydrogens (tertiary/aromatic N) is 2. The molecule has 1 amide bonds. The molecule has 1 heterocycles. The predicted octanol–water partition coefficient (Wildman–Crippen LogP) is 1.44.